The van der Waals surface area contributed by atoms with Gasteiger partial charge in [-0.1, -0.05) is 18.3 Å². The summed E-state index contributed by atoms with van der Waals surface area (Å²) in [5.41, 5.74) is 0.796. The van der Waals surface area contributed by atoms with Crippen molar-refractivity contribution < 1.29 is 4.79 Å². The van der Waals surface area contributed by atoms with Crippen LogP contribution in [0, 0.1) is 0 Å². The molecule has 0 saturated heterocycles. The minimum absolute atomic E-state index is 0.0244. The molecule has 0 radical (unpaired) electrons. The van der Waals surface area contributed by atoms with Gasteiger partial charge in [0.1, 0.15) is 4.88 Å². The maximum atomic E-state index is 12.3. The van der Waals surface area contributed by atoms with Crippen molar-refractivity contribution in [3.63, 3.8) is 0 Å². The number of rotatable bonds is 6. The van der Waals surface area contributed by atoms with Crippen molar-refractivity contribution in [2.45, 2.75) is 33.1 Å². The van der Waals surface area contributed by atoms with Crippen LogP contribution < -0.4 is 0 Å². The molecular weight excluding hydrogens is 258 g/mol. The molecule has 1 rings (SSSR count). The SMILES string of the molecule is CCN(CCCCl)C(=O)c1snnc1C(C)C. The molecule has 4 nitrogen and oxygen atoms in total. The Kier molecular flexibility index (Phi) is 5.85. The Morgan fingerprint density at radius 3 is 2.76 bits per heavy atom. The van der Waals surface area contributed by atoms with E-state index in [1.807, 2.05) is 20.8 Å². The highest BCUT2D eigenvalue weighted by atomic mass is 35.5. The van der Waals surface area contributed by atoms with Gasteiger partial charge in [-0.2, -0.15) is 0 Å². The Morgan fingerprint density at radius 2 is 2.24 bits per heavy atom. The van der Waals surface area contributed by atoms with Gasteiger partial charge in [0.05, 0.1) is 5.69 Å². The summed E-state index contributed by atoms with van der Waals surface area (Å²) < 4.78 is 3.88. The van der Waals surface area contributed by atoms with E-state index in [0.717, 1.165) is 12.1 Å². The molecule has 6 heteroatoms. The van der Waals surface area contributed by atoms with Crippen molar-refractivity contribution >= 4 is 29.0 Å². The van der Waals surface area contributed by atoms with Gasteiger partial charge in [0.15, 0.2) is 0 Å². The number of aromatic nitrogens is 2. The van der Waals surface area contributed by atoms with Gasteiger partial charge in [-0.15, -0.1) is 16.7 Å². The van der Waals surface area contributed by atoms with Crippen LogP contribution in [0.15, 0.2) is 0 Å². The maximum Gasteiger partial charge on any atom is 0.267 e. The van der Waals surface area contributed by atoms with Crippen LogP contribution in [0.2, 0.25) is 0 Å². The summed E-state index contributed by atoms with van der Waals surface area (Å²) in [6.07, 6.45) is 0.810. The standard InChI is InChI=1S/C11H18ClN3OS/c1-4-15(7-5-6-12)11(16)10-9(8(2)3)13-14-17-10/h8H,4-7H2,1-3H3. The van der Waals surface area contributed by atoms with E-state index >= 15 is 0 Å². The van der Waals surface area contributed by atoms with Gasteiger partial charge < -0.3 is 4.90 Å². The molecule has 0 fully saturated rings. The van der Waals surface area contributed by atoms with Crippen molar-refractivity contribution in [2.75, 3.05) is 19.0 Å². The minimum atomic E-state index is 0.0244. The Balaban J connectivity index is 2.82. The first kappa shape index (κ1) is 14.4. The molecule has 0 unspecified atom stereocenters. The first-order chi connectivity index (χ1) is 8.11. The zero-order valence-corrected chi connectivity index (χ0v) is 12.0. The second-order valence-corrected chi connectivity index (χ2v) is 5.20. The molecule has 1 amide bonds. The van der Waals surface area contributed by atoms with E-state index in [0.29, 0.717) is 23.8 Å². The van der Waals surface area contributed by atoms with E-state index in [-0.39, 0.29) is 11.8 Å². The van der Waals surface area contributed by atoms with Crippen LogP contribution in [0.4, 0.5) is 0 Å². The van der Waals surface area contributed by atoms with E-state index in [2.05, 4.69) is 9.59 Å². The lowest BCUT2D eigenvalue weighted by Crippen LogP contribution is -2.32. The van der Waals surface area contributed by atoms with E-state index in [4.69, 9.17) is 11.6 Å². The number of hydrogen-bond donors (Lipinski definition) is 0. The molecule has 1 heterocycles. The number of carbonyl (C=O) groups is 1. The third kappa shape index (κ3) is 3.64. The summed E-state index contributed by atoms with van der Waals surface area (Å²) >= 11 is 6.83. The lowest BCUT2D eigenvalue weighted by molar-refractivity contribution is 0.0768. The lowest BCUT2D eigenvalue weighted by Gasteiger charge is -2.20. The van der Waals surface area contributed by atoms with Crippen molar-refractivity contribution in [2.24, 2.45) is 0 Å². The van der Waals surface area contributed by atoms with E-state index < -0.39 is 0 Å². The summed E-state index contributed by atoms with van der Waals surface area (Å²) in [5.74, 6) is 0.817. The summed E-state index contributed by atoms with van der Waals surface area (Å²) in [5, 5.41) is 4.03. The number of halogens is 1. The minimum Gasteiger partial charge on any atom is -0.338 e. The van der Waals surface area contributed by atoms with Crippen LogP contribution >= 0.6 is 23.1 Å². The zero-order chi connectivity index (χ0) is 12.8. The number of nitrogens with zero attached hydrogens (tertiary/aromatic N) is 3. The van der Waals surface area contributed by atoms with E-state index in [1.165, 1.54) is 11.5 Å². The van der Waals surface area contributed by atoms with Gasteiger partial charge in [0.25, 0.3) is 5.91 Å². The Hall–Kier alpha value is -0.680. The highest BCUT2D eigenvalue weighted by Gasteiger charge is 2.22. The fraction of sp³-hybridized carbons (Fsp3) is 0.727. The molecule has 1 aromatic heterocycles. The monoisotopic (exact) mass is 275 g/mol. The van der Waals surface area contributed by atoms with Gasteiger partial charge in [-0.25, -0.2) is 0 Å². The van der Waals surface area contributed by atoms with Crippen LogP contribution in [0.5, 0.6) is 0 Å². The van der Waals surface area contributed by atoms with Crippen LogP contribution in [-0.4, -0.2) is 39.4 Å². The second-order valence-electron chi connectivity index (χ2n) is 4.07. The van der Waals surface area contributed by atoms with Crippen LogP contribution in [-0.2, 0) is 0 Å². The highest BCUT2D eigenvalue weighted by molar-refractivity contribution is 7.08. The fourth-order valence-corrected chi connectivity index (χ4v) is 2.43. The van der Waals surface area contributed by atoms with Crippen molar-refractivity contribution in [3.8, 4) is 0 Å². The quantitative estimate of drug-likeness (QED) is 0.750. The average molecular weight is 276 g/mol. The van der Waals surface area contributed by atoms with E-state index in [1.54, 1.807) is 4.90 Å². The van der Waals surface area contributed by atoms with E-state index in [9.17, 15) is 4.79 Å². The molecular formula is C11H18ClN3OS. The first-order valence-electron chi connectivity index (χ1n) is 5.79. The smallest absolute Gasteiger partial charge is 0.267 e. The van der Waals surface area contributed by atoms with Gasteiger partial charge >= 0.3 is 0 Å². The number of amides is 1. The predicted molar refractivity (Wildman–Crippen MR) is 70.9 cm³/mol. The Morgan fingerprint density at radius 1 is 1.53 bits per heavy atom. The highest BCUT2D eigenvalue weighted by Crippen LogP contribution is 2.21. The van der Waals surface area contributed by atoms with Gasteiger partial charge in [0, 0.05) is 19.0 Å². The number of carbonyl (C=O) groups excluding carboxylic acids is 1. The van der Waals surface area contributed by atoms with Crippen molar-refractivity contribution in [3.05, 3.63) is 10.6 Å². The zero-order valence-electron chi connectivity index (χ0n) is 10.4. The third-order valence-corrected chi connectivity index (χ3v) is 3.48. The largest absolute Gasteiger partial charge is 0.338 e. The van der Waals surface area contributed by atoms with Crippen LogP contribution in [0.1, 0.15) is 48.5 Å². The Bertz CT molecular complexity index is 367. The van der Waals surface area contributed by atoms with Crippen LogP contribution in [0.3, 0.4) is 0 Å². The topological polar surface area (TPSA) is 46.1 Å². The van der Waals surface area contributed by atoms with Gasteiger partial charge in [-0.3, -0.25) is 4.79 Å². The maximum absolute atomic E-state index is 12.3. The fourth-order valence-electron chi connectivity index (χ4n) is 1.52. The Labute approximate surface area is 111 Å². The molecule has 96 valence electrons. The second kappa shape index (κ2) is 6.91. The molecule has 0 spiro atoms. The van der Waals surface area contributed by atoms with Gasteiger partial charge in [-0.05, 0) is 30.8 Å². The predicted octanol–water partition coefficient (Wildman–Crippen LogP) is 2.75. The number of alkyl halides is 1. The van der Waals surface area contributed by atoms with Crippen molar-refractivity contribution in [1.82, 2.24) is 14.5 Å². The molecule has 0 aliphatic rings. The summed E-state index contributed by atoms with van der Waals surface area (Å²) in [7, 11) is 0. The normalized spacial score (nSPS) is 10.9. The first-order valence-corrected chi connectivity index (χ1v) is 7.10. The molecule has 1 aromatic rings. The third-order valence-electron chi connectivity index (χ3n) is 2.49. The molecule has 0 aromatic carbocycles. The summed E-state index contributed by atoms with van der Waals surface area (Å²) in [6, 6.07) is 0. The van der Waals surface area contributed by atoms with Gasteiger partial charge in [0.2, 0.25) is 0 Å². The molecule has 0 aliphatic heterocycles. The molecule has 0 aliphatic carbocycles. The number of hydrogen-bond acceptors (Lipinski definition) is 4. The average Bonchev–Trinajstić information content (AvgIpc) is 2.78. The summed E-state index contributed by atoms with van der Waals surface area (Å²) in [6.45, 7) is 7.38. The molecule has 0 N–H and O–H groups in total. The molecule has 0 saturated carbocycles. The summed E-state index contributed by atoms with van der Waals surface area (Å²) in [4.78, 5) is 14.7. The van der Waals surface area contributed by atoms with Crippen molar-refractivity contribution in [1.29, 1.82) is 0 Å². The molecule has 17 heavy (non-hydrogen) atoms. The lowest BCUT2D eigenvalue weighted by atomic mass is 10.1. The molecule has 0 bridgehead atoms. The molecule has 0 atom stereocenters. The van der Waals surface area contributed by atoms with Crippen LogP contribution in [0.25, 0.3) is 0 Å².